The molecule has 0 aliphatic carbocycles. The first-order chi connectivity index (χ1) is 12.8. The van der Waals surface area contributed by atoms with Gasteiger partial charge in [0.1, 0.15) is 22.8 Å². The quantitative estimate of drug-likeness (QED) is 0.447. The molecule has 3 rings (SSSR count). The summed E-state index contributed by atoms with van der Waals surface area (Å²) in [6, 6.07) is 13.6. The van der Waals surface area contributed by atoms with Gasteiger partial charge in [-0.05, 0) is 47.4 Å². The lowest BCUT2D eigenvalue weighted by Gasteiger charge is -2.04. The van der Waals surface area contributed by atoms with Crippen molar-refractivity contribution < 1.29 is 35.1 Å². The van der Waals surface area contributed by atoms with E-state index in [0.717, 1.165) is 11.6 Å². The molecule has 0 saturated heterocycles. The maximum Gasteiger partial charge on any atom is 0.339 e. The molecule has 0 saturated carbocycles. The summed E-state index contributed by atoms with van der Waals surface area (Å²) < 4.78 is 0. The molecule has 0 aliphatic rings. The molecule has 0 bridgehead atoms. The number of carboxylic acid groups (broad SMARTS) is 2. The maximum atomic E-state index is 10.7. The van der Waals surface area contributed by atoms with Crippen LogP contribution in [0.15, 0.2) is 60.7 Å². The van der Waals surface area contributed by atoms with Crippen molar-refractivity contribution in [3.8, 4) is 17.2 Å². The van der Waals surface area contributed by atoms with Crippen LogP contribution in [0.2, 0.25) is 0 Å². The SMILES string of the molecule is O=C(O)/C=C/c1ccc(O)cc1.O=C(O)c1cc2cccc(O)c2cc1O. The van der Waals surface area contributed by atoms with Crippen molar-refractivity contribution in [2.75, 3.05) is 0 Å². The molecule has 0 atom stereocenters. The molecule has 0 heterocycles. The fourth-order valence-electron chi connectivity index (χ4n) is 2.22. The lowest BCUT2D eigenvalue weighted by atomic mass is 10.1. The van der Waals surface area contributed by atoms with E-state index in [2.05, 4.69) is 0 Å². The highest BCUT2D eigenvalue weighted by molar-refractivity contribution is 5.99. The zero-order valence-corrected chi connectivity index (χ0v) is 13.9. The number of aliphatic carboxylic acids is 1. The Morgan fingerprint density at radius 2 is 1.48 bits per heavy atom. The molecule has 5 N–H and O–H groups in total. The van der Waals surface area contributed by atoms with Crippen LogP contribution in [0.4, 0.5) is 0 Å². The molecule has 0 aliphatic heterocycles. The predicted octanol–water partition coefficient (Wildman–Crippen LogP) is 3.44. The number of aromatic hydroxyl groups is 3. The van der Waals surface area contributed by atoms with E-state index in [9.17, 15) is 19.8 Å². The van der Waals surface area contributed by atoms with Crippen LogP contribution in [-0.2, 0) is 4.79 Å². The number of hydrogen-bond acceptors (Lipinski definition) is 5. The molecule has 0 fully saturated rings. The fourth-order valence-corrected chi connectivity index (χ4v) is 2.22. The van der Waals surface area contributed by atoms with Crippen molar-refractivity contribution in [2.24, 2.45) is 0 Å². The van der Waals surface area contributed by atoms with Gasteiger partial charge in [-0.15, -0.1) is 0 Å². The van der Waals surface area contributed by atoms with E-state index in [1.807, 2.05) is 0 Å². The fraction of sp³-hybridized carbons (Fsp3) is 0. The summed E-state index contributed by atoms with van der Waals surface area (Å²) in [4.78, 5) is 20.8. The van der Waals surface area contributed by atoms with E-state index < -0.39 is 11.9 Å². The van der Waals surface area contributed by atoms with E-state index in [1.54, 1.807) is 24.3 Å². The largest absolute Gasteiger partial charge is 0.508 e. The second kappa shape index (κ2) is 8.39. The van der Waals surface area contributed by atoms with Gasteiger partial charge in [0.05, 0.1) is 0 Å². The summed E-state index contributed by atoms with van der Waals surface area (Å²) in [7, 11) is 0. The zero-order chi connectivity index (χ0) is 20.0. The van der Waals surface area contributed by atoms with Gasteiger partial charge in [0, 0.05) is 11.5 Å². The second-order valence-electron chi connectivity index (χ2n) is 5.44. The Hall–Kier alpha value is -4.00. The topological polar surface area (TPSA) is 135 Å². The number of phenolic OH excluding ortho intramolecular Hbond substituents is 2. The lowest BCUT2D eigenvalue weighted by Crippen LogP contribution is -1.96. The van der Waals surface area contributed by atoms with Gasteiger partial charge in [-0.2, -0.15) is 0 Å². The molecule has 0 amide bonds. The lowest BCUT2D eigenvalue weighted by molar-refractivity contribution is -0.131. The number of hydrogen-bond donors (Lipinski definition) is 5. The van der Waals surface area contributed by atoms with E-state index >= 15 is 0 Å². The normalized spacial score (nSPS) is 10.4. The molecule has 27 heavy (non-hydrogen) atoms. The van der Waals surface area contributed by atoms with Crippen molar-refractivity contribution in [1.82, 2.24) is 0 Å². The number of carbonyl (C=O) groups is 2. The van der Waals surface area contributed by atoms with Crippen molar-refractivity contribution in [1.29, 1.82) is 0 Å². The van der Waals surface area contributed by atoms with E-state index in [-0.39, 0.29) is 22.8 Å². The van der Waals surface area contributed by atoms with Crippen LogP contribution in [0, 0.1) is 0 Å². The highest BCUT2D eigenvalue weighted by atomic mass is 16.4. The summed E-state index contributed by atoms with van der Waals surface area (Å²) in [5.74, 6) is -2.35. The van der Waals surface area contributed by atoms with Crippen molar-refractivity contribution in [3.05, 3.63) is 71.8 Å². The number of fused-ring (bicyclic) bond motifs is 1. The Bertz CT molecular complexity index is 1000. The van der Waals surface area contributed by atoms with Gasteiger partial charge in [0.15, 0.2) is 0 Å². The van der Waals surface area contributed by atoms with Crippen LogP contribution >= 0.6 is 0 Å². The molecule has 0 radical (unpaired) electrons. The summed E-state index contributed by atoms with van der Waals surface area (Å²) in [5.41, 5.74) is 0.573. The summed E-state index contributed by atoms with van der Waals surface area (Å²) >= 11 is 0. The molecule has 0 aromatic heterocycles. The van der Waals surface area contributed by atoms with Gasteiger partial charge in [-0.3, -0.25) is 0 Å². The Morgan fingerprint density at radius 1 is 0.815 bits per heavy atom. The van der Waals surface area contributed by atoms with Crippen LogP contribution in [0.25, 0.3) is 16.8 Å². The van der Waals surface area contributed by atoms with E-state index in [0.29, 0.717) is 10.8 Å². The second-order valence-corrected chi connectivity index (χ2v) is 5.44. The first kappa shape index (κ1) is 19.3. The average molecular weight is 368 g/mol. The van der Waals surface area contributed by atoms with E-state index in [4.69, 9.17) is 15.3 Å². The highest BCUT2D eigenvalue weighted by Gasteiger charge is 2.11. The third-order valence-corrected chi connectivity index (χ3v) is 3.52. The minimum absolute atomic E-state index is 0.0136. The maximum absolute atomic E-state index is 10.7. The molecular formula is C20H16O7. The molecule has 138 valence electrons. The van der Waals surface area contributed by atoms with Gasteiger partial charge >= 0.3 is 11.9 Å². The molecule has 7 nitrogen and oxygen atoms in total. The number of rotatable bonds is 3. The number of benzene rings is 3. The van der Waals surface area contributed by atoms with Crippen LogP contribution in [0.5, 0.6) is 17.2 Å². The minimum atomic E-state index is -1.20. The number of phenols is 3. The Labute approximate surface area is 153 Å². The molecular weight excluding hydrogens is 352 g/mol. The van der Waals surface area contributed by atoms with Gasteiger partial charge in [0.2, 0.25) is 0 Å². The summed E-state index contributed by atoms with van der Waals surface area (Å²) in [6.45, 7) is 0. The first-order valence-corrected chi connectivity index (χ1v) is 7.66. The van der Waals surface area contributed by atoms with Crippen molar-refractivity contribution >= 4 is 28.8 Å². The van der Waals surface area contributed by atoms with Gasteiger partial charge in [0.25, 0.3) is 0 Å². The van der Waals surface area contributed by atoms with Crippen LogP contribution < -0.4 is 0 Å². The minimum Gasteiger partial charge on any atom is -0.508 e. The molecule has 0 spiro atoms. The molecule has 0 unspecified atom stereocenters. The molecule has 3 aromatic carbocycles. The highest BCUT2D eigenvalue weighted by Crippen LogP contribution is 2.30. The smallest absolute Gasteiger partial charge is 0.339 e. The standard InChI is InChI=1S/C11H8O4.C9H8O3/c12-9-3-1-2-6-4-8(11(14)15)10(13)5-7(6)9;10-8-4-1-7(2-5-8)3-6-9(11)12/h1-5,12-13H,(H,14,15);1-6,10H,(H,11,12)/b;6-3+. The van der Waals surface area contributed by atoms with Crippen molar-refractivity contribution in [2.45, 2.75) is 0 Å². The average Bonchev–Trinajstić information content (AvgIpc) is 2.62. The van der Waals surface area contributed by atoms with Gasteiger partial charge in [-0.25, -0.2) is 9.59 Å². The van der Waals surface area contributed by atoms with Crippen LogP contribution in [0.3, 0.4) is 0 Å². The van der Waals surface area contributed by atoms with Gasteiger partial charge < -0.3 is 25.5 Å². The van der Waals surface area contributed by atoms with Crippen LogP contribution in [-0.4, -0.2) is 37.5 Å². The zero-order valence-electron chi connectivity index (χ0n) is 13.9. The Balaban J connectivity index is 0.000000199. The number of carboxylic acids is 2. The predicted molar refractivity (Wildman–Crippen MR) is 99.0 cm³/mol. The first-order valence-electron chi connectivity index (χ1n) is 7.66. The van der Waals surface area contributed by atoms with Gasteiger partial charge in [-0.1, -0.05) is 24.3 Å². The Kier molecular flexibility index (Phi) is 6.01. The summed E-state index contributed by atoms with van der Waals surface area (Å²) in [6.07, 6.45) is 2.51. The Morgan fingerprint density at radius 3 is 2.07 bits per heavy atom. The number of aromatic carboxylic acids is 1. The van der Waals surface area contributed by atoms with Crippen LogP contribution in [0.1, 0.15) is 15.9 Å². The molecule has 7 heteroatoms. The van der Waals surface area contributed by atoms with E-state index in [1.165, 1.54) is 36.4 Å². The molecule has 3 aromatic rings. The van der Waals surface area contributed by atoms with Crippen molar-refractivity contribution in [3.63, 3.8) is 0 Å². The third-order valence-electron chi connectivity index (χ3n) is 3.52. The third kappa shape index (κ3) is 5.23. The monoisotopic (exact) mass is 368 g/mol. The summed E-state index contributed by atoms with van der Waals surface area (Å²) in [5, 5.41) is 45.8.